The highest BCUT2D eigenvalue weighted by atomic mass is 16.6. The lowest BCUT2D eigenvalue weighted by atomic mass is 9.90. The minimum Gasteiger partial charge on any atom is -0.444 e. The van der Waals surface area contributed by atoms with Gasteiger partial charge in [0.2, 0.25) is 0 Å². The van der Waals surface area contributed by atoms with Gasteiger partial charge in [-0.2, -0.15) is 5.10 Å². The van der Waals surface area contributed by atoms with Gasteiger partial charge < -0.3 is 15.4 Å². The van der Waals surface area contributed by atoms with E-state index < -0.39 is 5.60 Å². The van der Waals surface area contributed by atoms with Crippen LogP contribution in [0.2, 0.25) is 0 Å². The van der Waals surface area contributed by atoms with Gasteiger partial charge >= 0.3 is 12.1 Å². The summed E-state index contributed by atoms with van der Waals surface area (Å²) in [5.74, 6) is 0. The van der Waals surface area contributed by atoms with Gasteiger partial charge in [0.15, 0.2) is 0 Å². The lowest BCUT2D eigenvalue weighted by Crippen LogP contribution is -2.50. The van der Waals surface area contributed by atoms with Crippen molar-refractivity contribution < 1.29 is 14.3 Å². The molecule has 3 aromatic rings. The summed E-state index contributed by atoms with van der Waals surface area (Å²) in [5.41, 5.74) is 3.45. The number of ether oxygens (including phenoxy) is 1. The van der Waals surface area contributed by atoms with Gasteiger partial charge in [-0.25, -0.2) is 9.59 Å². The molecule has 0 atom stereocenters. The molecule has 0 aliphatic heterocycles. The lowest BCUT2D eigenvalue weighted by molar-refractivity contribution is 0.0491. The van der Waals surface area contributed by atoms with Crippen molar-refractivity contribution in [2.24, 2.45) is 7.05 Å². The Balaban J connectivity index is 1.46. The minimum absolute atomic E-state index is 0.0247. The molecule has 1 aliphatic rings. The quantitative estimate of drug-likeness (QED) is 0.456. The first-order valence-corrected chi connectivity index (χ1v) is 12.9. The van der Waals surface area contributed by atoms with Crippen molar-refractivity contribution in [3.63, 3.8) is 0 Å². The normalized spacial score (nSPS) is 17.6. The first-order valence-electron chi connectivity index (χ1n) is 12.9. The van der Waals surface area contributed by atoms with Crippen molar-refractivity contribution in [2.75, 3.05) is 4.90 Å². The number of carbonyl (C=O) groups excluding carboxylic acids is 2. The number of hydrogen-bond acceptors (Lipinski definition) is 4. The van der Waals surface area contributed by atoms with Crippen molar-refractivity contribution in [3.05, 3.63) is 72.6 Å². The van der Waals surface area contributed by atoms with E-state index in [9.17, 15) is 9.59 Å². The highest BCUT2D eigenvalue weighted by Crippen LogP contribution is 2.30. The molecule has 8 heteroatoms. The predicted molar refractivity (Wildman–Crippen MR) is 145 cm³/mol. The van der Waals surface area contributed by atoms with Crippen molar-refractivity contribution in [3.8, 4) is 11.1 Å². The van der Waals surface area contributed by atoms with E-state index in [-0.39, 0.29) is 24.2 Å². The van der Waals surface area contributed by atoms with Crippen LogP contribution in [0.5, 0.6) is 0 Å². The van der Waals surface area contributed by atoms with Gasteiger partial charge in [0.1, 0.15) is 5.60 Å². The first kappa shape index (κ1) is 26.3. The zero-order chi connectivity index (χ0) is 26.4. The van der Waals surface area contributed by atoms with Crippen LogP contribution < -0.4 is 15.5 Å². The fourth-order valence-electron chi connectivity index (χ4n) is 4.69. The van der Waals surface area contributed by atoms with Crippen molar-refractivity contribution in [1.82, 2.24) is 20.4 Å². The molecule has 1 aliphatic carbocycles. The second-order valence-electron chi connectivity index (χ2n) is 10.6. The third kappa shape index (κ3) is 7.35. The van der Waals surface area contributed by atoms with Crippen LogP contribution in [0.4, 0.5) is 15.3 Å². The molecule has 2 aromatic carbocycles. The second kappa shape index (κ2) is 11.5. The molecule has 37 heavy (non-hydrogen) atoms. The molecule has 196 valence electrons. The maximum atomic E-state index is 13.5. The Morgan fingerprint density at radius 2 is 1.68 bits per heavy atom. The molecule has 1 saturated carbocycles. The monoisotopic (exact) mass is 503 g/mol. The number of urea groups is 1. The maximum absolute atomic E-state index is 13.5. The zero-order valence-electron chi connectivity index (χ0n) is 22.1. The summed E-state index contributed by atoms with van der Waals surface area (Å²) < 4.78 is 7.19. The third-order valence-corrected chi connectivity index (χ3v) is 6.47. The average molecular weight is 504 g/mol. The molecule has 1 aromatic heterocycles. The van der Waals surface area contributed by atoms with Gasteiger partial charge in [0.25, 0.3) is 0 Å². The topological polar surface area (TPSA) is 88.5 Å². The van der Waals surface area contributed by atoms with Crippen LogP contribution in [0.3, 0.4) is 0 Å². The summed E-state index contributed by atoms with van der Waals surface area (Å²) in [6.45, 7) is 6.03. The summed E-state index contributed by atoms with van der Waals surface area (Å²) >= 11 is 0. The Morgan fingerprint density at radius 3 is 2.27 bits per heavy atom. The molecular weight excluding hydrogens is 466 g/mol. The van der Waals surface area contributed by atoms with Crippen LogP contribution in [0.1, 0.15) is 52.0 Å². The molecule has 0 radical (unpaired) electrons. The molecule has 0 saturated heterocycles. The Hall–Kier alpha value is -3.81. The molecule has 1 heterocycles. The van der Waals surface area contributed by atoms with Gasteiger partial charge in [-0.3, -0.25) is 9.58 Å². The van der Waals surface area contributed by atoms with Crippen LogP contribution in [-0.4, -0.2) is 39.6 Å². The SMILES string of the molecule is Cn1cc(-c2ccc(N(C(=O)NCc3ccccc3)C3CCC(NC(=O)OC(C)(C)C)CC3)cc2)cn1. The first-order chi connectivity index (χ1) is 17.7. The standard InChI is InChI=1S/C29H37N5O3/c1-29(2,3)37-28(36)32-24-12-16-26(17-13-24)34(27(35)30-18-21-8-6-5-7-9-21)25-14-10-22(11-15-25)23-19-31-33(4)20-23/h5-11,14-15,19-20,24,26H,12-13,16-18H2,1-4H3,(H,30,35)(H,32,36). The third-order valence-electron chi connectivity index (χ3n) is 6.47. The molecule has 3 amide bonds. The maximum Gasteiger partial charge on any atom is 0.407 e. The number of hydrogen-bond donors (Lipinski definition) is 2. The van der Waals surface area contributed by atoms with Gasteiger partial charge in [0.05, 0.1) is 6.20 Å². The van der Waals surface area contributed by atoms with Crippen LogP contribution >= 0.6 is 0 Å². The largest absolute Gasteiger partial charge is 0.444 e. The summed E-state index contributed by atoms with van der Waals surface area (Å²) in [6, 6.07) is 17.9. The second-order valence-corrected chi connectivity index (χ2v) is 10.6. The number of nitrogens with one attached hydrogen (secondary N) is 2. The van der Waals surface area contributed by atoms with Crippen molar-refractivity contribution in [1.29, 1.82) is 0 Å². The van der Waals surface area contributed by atoms with E-state index >= 15 is 0 Å². The van der Waals surface area contributed by atoms with E-state index in [1.807, 2.05) is 99.7 Å². The van der Waals surface area contributed by atoms with Gasteiger partial charge in [-0.1, -0.05) is 42.5 Å². The molecule has 2 N–H and O–H groups in total. The number of rotatable bonds is 6. The summed E-state index contributed by atoms with van der Waals surface area (Å²) in [6.07, 6.45) is 6.53. The number of amides is 3. The fraction of sp³-hybridized carbons (Fsp3) is 0.414. The van der Waals surface area contributed by atoms with Crippen LogP contribution in [0.15, 0.2) is 67.0 Å². The fourth-order valence-corrected chi connectivity index (χ4v) is 4.69. The van der Waals surface area contributed by atoms with E-state index in [2.05, 4.69) is 15.7 Å². The smallest absolute Gasteiger partial charge is 0.407 e. The number of anilines is 1. The number of aromatic nitrogens is 2. The van der Waals surface area contributed by atoms with Crippen molar-refractivity contribution >= 4 is 17.8 Å². The Morgan fingerprint density at radius 1 is 1.00 bits per heavy atom. The van der Waals surface area contributed by atoms with Gasteiger partial charge in [-0.05, 0) is 69.7 Å². The van der Waals surface area contributed by atoms with Gasteiger partial charge in [-0.15, -0.1) is 0 Å². The molecule has 4 rings (SSSR count). The molecule has 0 bridgehead atoms. The Kier molecular flexibility index (Phi) is 8.16. The molecular formula is C29H37N5O3. The zero-order valence-corrected chi connectivity index (χ0v) is 22.1. The molecule has 0 spiro atoms. The highest BCUT2D eigenvalue weighted by Gasteiger charge is 2.31. The Labute approximate surface area is 219 Å². The molecule has 0 unspecified atom stereocenters. The predicted octanol–water partition coefficient (Wildman–Crippen LogP) is 5.64. The van der Waals surface area contributed by atoms with E-state index in [0.717, 1.165) is 48.1 Å². The number of nitrogens with zero attached hydrogens (tertiary/aromatic N) is 3. The summed E-state index contributed by atoms with van der Waals surface area (Å²) in [4.78, 5) is 27.6. The van der Waals surface area contributed by atoms with Crippen molar-refractivity contribution in [2.45, 2.75) is 70.7 Å². The van der Waals surface area contributed by atoms with E-state index in [1.165, 1.54) is 0 Å². The minimum atomic E-state index is -0.531. The Bertz CT molecular complexity index is 1180. The average Bonchev–Trinajstić information content (AvgIpc) is 3.30. The lowest BCUT2D eigenvalue weighted by Gasteiger charge is -2.37. The van der Waals surface area contributed by atoms with Crippen LogP contribution in [0.25, 0.3) is 11.1 Å². The number of benzene rings is 2. The van der Waals surface area contributed by atoms with E-state index in [0.29, 0.717) is 6.54 Å². The number of carbonyl (C=O) groups is 2. The molecule has 1 fully saturated rings. The van der Waals surface area contributed by atoms with Crippen LogP contribution in [-0.2, 0) is 18.3 Å². The molecule has 8 nitrogen and oxygen atoms in total. The van der Waals surface area contributed by atoms with E-state index in [1.54, 1.807) is 4.68 Å². The highest BCUT2D eigenvalue weighted by molar-refractivity contribution is 5.93. The van der Waals surface area contributed by atoms with Crippen LogP contribution in [0, 0.1) is 0 Å². The number of alkyl carbamates (subject to hydrolysis) is 1. The van der Waals surface area contributed by atoms with E-state index in [4.69, 9.17) is 4.74 Å². The summed E-state index contributed by atoms with van der Waals surface area (Å²) in [5, 5.41) is 10.3. The van der Waals surface area contributed by atoms with Gasteiger partial charge in [0, 0.05) is 43.1 Å². The summed E-state index contributed by atoms with van der Waals surface area (Å²) in [7, 11) is 1.89. The number of aryl methyl sites for hydroxylation is 1.